The Morgan fingerprint density at radius 3 is 2.53 bits per heavy atom. The fourth-order valence-corrected chi connectivity index (χ4v) is 1.95. The van der Waals surface area contributed by atoms with E-state index in [1.54, 1.807) is 0 Å². The molecule has 0 aliphatic carbocycles. The number of hydrogen-bond acceptors (Lipinski definition) is 3. The molecule has 1 aliphatic heterocycles. The van der Waals surface area contributed by atoms with Gasteiger partial charge in [-0.3, -0.25) is 9.80 Å². The number of rotatable bonds is 3. The van der Waals surface area contributed by atoms with Crippen LogP contribution in [0.4, 0.5) is 0 Å². The molecule has 1 amide bonds. The number of carbonyl (C=O) groups is 1. The second-order valence-corrected chi connectivity index (χ2v) is 5.35. The van der Waals surface area contributed by atoms with Gasteiger partial charge >= 0.3 is 0 Å². The van der Waals surface area contributed by atoms with Gasteiger partial charge in [-0.25, -0.2) is 5.01 Å². The van der Waals surface area contributed by atoms with Gasteiger partial charge in [0.2, 0.25) is 5.91 Å². The fourth-order valence-electron chi connectivity index (χ4n) is 1.95. The average Bonchev–Trinajstić information content (AvgIpc) is 2.42. The Balaban J connectivity index is 2.60. The normalized spacial score (nSPS) is 21.1. The van der Waals surface area contributed by atoms with Crippen molar-refractivity contribution in [2.75, 3.05) is 13.1 Å². The van der Waals surface area contributed by atoms with Gasteiger partial charge in [0.05, 0.1) is 5.54 Å². The molecule has 0 aromatic rings. The van der Waals surface area contributed by atoms with Crippen molar-refractivity contribution in [1.29, 1.82) is 0 Å². The molecule has 1 fully saturated rings. The van der Waals surface area contributed by atoms with E-state index in [9.17, 15) is 4.79 Å². The van der Waals surface area contributed by atoms with Gasteiger partial charge in [-0.1, -0.05) is 0 Å². The highest BCUT2D eigenvalue weighted by molar-refractivity contribution is 5.78. The summed E-state index contributed by atoms with van der Waals surface area (Å²) in [5.74, 6) is 0.229. The molecular weight excluding hydrogens is 190 g/mol. The maximum absolute atomic E-state index is 11.7. The second kappa shape index (κ2) is 4.49. The number of carbonyl (C=O) groups excluding carboxylic acids is 1. The zero-order valence-corrected chi connectivity index (χ0v) is 10.3. The van der Waals surface area contributed by atoms with Gasteiger partial charge in [0.15, 0.2) is 0 Å². The van der Waals surface area contributed by atoms with Crippen LogP contribution in [-0.4, -0.2) is 40.6 Å². The van der Waals surface area contributed by atoms with Crippen molar-refractivity contribution in [3.8, 4) is 0 Å². The summed E-state index contributed by atoms with van der Waals surface area (Å²) < 4.78 is 0. The van der Waals surface area contributed by atoms with Crippen LogP contribution in [0, 0.1) is 0 Å². The fraction of sp³-hybridized carbons (Fsp3) is 0.909. The zero-order valence-electron chi connectivity index (χ0n) is 10.3. The van der Waals surface area contributed by atoms with E-state index < -0.39 is 0 Å². The standard InChI is InChI=1S/C11H23N3O/c1-9(12)5-7-13-8-6-10(15)14(13)11(2,3)4/h9H,5-8,12H2,1-4H3. The first kappa shape index (κ1) is 12.5. The summed E-state index contributed by atoms with van der Waals surface area (Å²) in [6.07, 6.45) is 1.57. The van der Waals surface area contributed by atoms with E-state index in [-0.39, 0.29) is 17.5 Å². The molecule has 0 aromatic heterocycles. The van der Waals surface area contributed by atoms with E-state index in [0.29, 0.717) is 6.42 Å². The lowest BCUT2D eigenvalue weighted by Crippen LogP contribution is -2.51. The van der Waals surface area contributed by atoms with Crippen molar-refractivity contribution < 1.29 is 4.79 Å². The topological polar surface area (TPSA) is 49.6 Å². The van der Waals surface area contributed by atoms with Gasteiger partial charge in [0.25, 0.3) is 0 Å². The maximum atomic E-state index is 11.7. The molecule has 4 heteroatoms. The van der Waals surface area contributed by atoms with E-state index in [4.69, 9.17) is 5.73 Å². The molecule has 1 rings (SSSR count). The Kier molecular flexibility index (Phi) is 3.73. The van der Waals surface area contributed by atoms with Gasteiger partial charge in [-0.15, -0.1) is 0 Å². The molecule has 0 radical (unpaired) electrons. The predicted octanol–water partition coefficient (Wildman–Crippen LogP) is 0.972. The van der Waals surface area contributed by atoms with Crippen LogP contribution in [0.25, 0.3) is 0 Å². The van der Waals surface area contributed by atoms with Crippen LogP contribution >= 0.6 is 0 Å². The molecule has 0 saturated carbocycles. The third-order valence-electron chi connectivity index (χ3n) is 2.58. The van der Waals surface area contributed by atoms with Crippen molar-refractivity contribution >= 4 is 5.91 Å². The molecule has 2 N–H and O–H groups in total. The van der Waals surface area contributed by atoms with Crippen LogP contribution in [0.15, 0.2) is 0 Å². The van der Waals surface area contributed by atoms with E-state index in [0.717, 1.165) is 19.5 Å². The molecule has 88 valence electrons. The van der Waals surface area contributed by atoms with Gasteiger partial charge in [0, 0.05) is 25.6 Å². The summed E-state index contributed by atoms with van der Waals surface area (Å²) in [7, 11) is 0. The van der Waals surface area contributed by atoms with Crippen LogP contribution in [0.1, 0.15) is 40.5 Å². The number of nitrogens with two attached hydrogens (primary N) is 1. The van der Waals surface area contributed by atoms with E-state index in [1.165, 1.54) is 0 Å². The average molecular weight is 213 g/mol. The quantitative estimate of drug-likeness (QED) is 0.760. The molecule has 1 unspecified atom stereocenters. The molecule has 0 spiro atoms. The van der Waals surface area contributed by atoms with Gasteiger partial charge < -0.3 is 5.73 Å². The summed E-state index contributed by atoms with van der Waals surface area (Å²) in [5.41, 5.74) is 5.61. The van der Waals surface area contributed by atoms with Crippen LogP contribution < -0.4 is 5.73 Å². The van der Waals surface area contributed by atoms with Crippen LogP contribution in [0.3, 0.4) is 0 Å². The Morgan fingerprint density at radius 2 is 2.07 bits per heavy atom. The highest BCUT2D eigenvalue weighted by atomic mass is 16.2. The zero-order chi connectivity index (χ0) is 11.6. The minimum Gasteiger partial charge on any atom is -0.328 e. The molecule has 15 heavy (non-hydrogen) atoms. The highest BCUT2D eigenvalue weighted by Crippen LogP contribution is 2.23. The molecule has 1 saturated heterocycles. The van der Waals surface area contributed by atoms with Gasteiger partial charge in [-0.05, 0) is 34.1 Å². The lowest BCUT2D eigenvalue weighted by molar-refractivity contribution is -0.148. The Hall–Kier alpha value is -0.610. The number of nitrogens with zero attached hydrogens (tertiary/aromatic N) is 2. The SMILES string of the molecule is CC(N)CCN1CCC(=O)N1C(C)(C)C. The third-order valence-corrected chi connectivity index (χ3v) is 2.58. The molecular formula is C11H23N3O. The van der Waals surface area contributed by atoms with Crippen LogP contribution in [-0.2, 0) is 4.79 Å². The first-order chi connectivity index (χ1) is 6.82. The summed E-state index contributed by atoms with van der Waals surface area (Å²) in [5, 5.41) is 4.01. The molecule has 1 heterocycles. The summed E-state index contributed by atoms with van der Waals surface area (Å²) in [6, 6.07) is 0.197. The Labute approximate surface area is 92.4 Å². The second-order valence-electron chi connectivity index (χ2n) is 5.35. The monoisotopic (exact) mass is 213 g/mol. The van der Waals surface area contributed by atoms with Gasteiger partial charge in [-0.2, -0.15) is 0 Å². The molecule has 0 aromatic carbocycles. The molecule has 1 aliphatic rings. The summed E-state index contributed by atoms with van der Waals surface area (Å²) in [6.45, 7) is 9.90. The van der Waals surface area contributed by atoms with Crippen molar-refractivity contribution in [1.82, 2.24) is 10.0 Å². The van der Waals surface area contributed by atoms with Gasteiger partial charge in [0.1, 0.15) is 0 Å². The number of hydrogen-bond donors (Lipinski definition) is 1. The Bertz CT molecular complexity index is 232. The maximum Gasteiger partial charge on any atom is 0.238 e. The van der Waals surface area contributed by atoms with Crippen molar-refractivity contribution in [2.24, 2.45) is 5.73 Å². The lowest BCUT2D eigenvalue weighted by Gasteiger charge is -2.39. The predicted molar refractivity (Wildman–Crippen MR) is 61.1 cm³/mol. The minimum atomic E-state index is -0.120. The van der Waals surface area contributed by atoms with Crippen LogP contribution in [0.5, 0.6) is 0 Å². The number of hydrazine groups is 1. The summed E-state index contributed by atoms with van der Waals surface area (Å²) in [4.78, 5) is 11.7. The molecule has 1 atom stereocenters. The smallest absolute Gasteiger partial charge is 0.238 e. The Morgan fingerprint density at radius 1 is 1.47 bits per heavy atom. The molecule has 0 bridgehead atoms. The first-order valence-corrected chi connectivity index (χ1v) is 5.66. The van der Waals surface area contributed by atoms with Crippen LogP contribution in [0.2, 0.25) is 0 Å². The largest absolute Gasteiger partial charge is 0.328 e. The third kappa shape index (κ3) is 3.18. The van der Waals surface area contributed by atoms with E-state index in [1.807, 2.05) is 11.9 Å². The van der Waals surface area contributed by atoms with Crippen molar-refractivity contribution in [3.05, 3.63) is 0 Å². The lowest BCUT2D eigenvalue weighted by atomic mass is 10.1. The molecule has 4 nitrogen and oxygen atoms in total. The highest BCUT2D eigenvalue weighted by Gasteiger charge is 2.36. The number of amides is 1. The van der Waals surface area contributed by atoms with Crippen molar-refractivity contribution in [2.45, 2.75) is 52.1 Å². The van der Waals surface area contributed by atoms with E-state index in [2.05, 4.69) is 25.8 Å². The first-order valence-electron chi connectivity index (χ1n) is 5.66. The summed E-state index contributed by atoms with van der Waals surface area (Å²) >= 11 is 0. The van der Waals surface area contributed by atoms with Crippen molar-refractivity contribution in [3.63, 3.8) is 0 Å². The minimum absolute atomic E-state index is 0.120. The van der Waals surface area contributed by atoms with E-state index >= 15 is 0 Å².